The zero-order valence-corrected chi connectivity index (χ0v) is 20.9. The molecule has 1 aliphatic heterocycles. The molecule has 0 saturated heterocycles. The predicted octanol–water partition coefficient (Wildman–Crippen LogP) is 4.61. The summed E-state index contributed by atoms with van der Waals surface area (Å²) in [5.41, 5.74) is 4.40. The Bertz CT molecular complexity index is 1430. The molecule has 0 fully saturated rings. The van der Waals surface area contributed by atoms with E-state index in [0.717, 1.165) is 16.7 Å². The maximum atomic E-state index is 13.7. The monoisotopic (exact) mass is 497 g/mol. The molecule has 178 valence electrons. The van der Waals surface area contributed by atoms with Gasteiger partial charge in [-0.3, -0.25) is 4.72 Å². The van der Waals surface area contributed by atoms with Gasteiger partial charge in [-0.05, 0) is 55.7 Å². The van der Waals surface area contributed by atoms with Gasteiger partial charge in [0.05, 0.1) is 22.4 Å². The minimum Gasteiger partial charge on any atom is -0.284 e. The number of hydrogen-bond donors (Lipinski definition) is 1. The van der Waals surface area contributed by atoms with Crippen molar-refractivity contribution in [1.29, 1.82) is 0 Å². The van der Waals surface area contributed by atoms with Gasteiger partial charge < -0.3 is 0 Å². The van der Waals surface area contributed by atoms with Gasteiger partial charge in [0, 0.05) is 12.1 Å². The van der Waals surface area contributed by atoms with Gasteiger partial charge in [0.15, 0.2) is 0 Å². The molecule has 1 atom stereocenters. The van der Waals surface area contributed by atoms with Gasteiger partial charge in [0.25, 0.3) is 10.0 Å². The molecule has 0 aliphatic carbocycles. The summed E-state index contributed by atoms with van der Waals surface area (Å²) in [7, 11) is -7.28. The fraction of sp³-hybridized carbons (Fsp3) is 0.240. The van der Waals surface area contributed by atoms with Crippen molar-refractivity contribution in [1.82, 2.24) is 4.41 Å². The largest absolute Gasteiger partial charge is 0.284 e. The Kier molecular flexibility index (Phi) is 6.51. The second-order valence-electron chi connectivity index (χ2n) is 8.30. The highest BCUT2D eigenvalue weighted by Gasteiger charge is 2.38. The summed E-state index contributed by atoms with van der Waals surface area (Å²) in [6.07, 6.45) is 0.397. The number of anilines is 1. The van der Waals surface area contributed by atoms with Gasteiger partial charge in [-0.2, -0.15) is 17.9 Å². The lowest BCUT2D eigenvalue weighted by molar-refractivity contribution is 0.371. The average molecular weight is 498 g/mol. The molecule has 1 N–H and O–H groups in total. The first kappa shape index (κ1) is 24.0. The number of rotatable bonds is 7. The van der Waals surface area contributed by atoms with Crippen LogP contribution in [-0.4, -0.2) is 32.7 Å². The lowest BCUT2D eigenvalue weighted by Gasteiger charge is -2.24. The Morgan fingerprint density at radius 3 is 2.18 bits per heavy atom. The number of nitrogens with one attached hydrogen (secondary N) is 1. The van der Waals surface area contributed by atoms with Crippen molar-refractivity contribution in [3.05, 3.63) is 95.1 Å². The molecule has 0 radical (unpaired) electrons. The molecule has 1 heterocycles. The standard InChI is InChI=1S/C25H27N3O4S2/c1-4-33(29,30)27-22-15-13-20(14-16-22)23-17-24(21-11-9-18(2)10-12-21)28(26-23)34(31,32)25-8-6-5-7-19(25)3/h5-16,24,27H,4,17H2,1-3H3/t24-/m1/s1. The first-order valence-electron chi connectivity index (χ1n) is 11.0. The lowest BCUT2D eigenvalue weighted by Crippen LogP contribution is -2.27. The number of hydrogen-bond acceptors (Lipinski definition) is 5. The van der Waals surface area contributed by atoms with Crippen LogP contribution in [0.5, 0.6) is 0 Å². The van der Waals surface area contributed by atoms with Crippen molar-refractivity contribution < 1.29 is 16.8 Å². The quantitative estimate of drug-likeness (QED) is 0.516. The van der Waals surface area contributed by atoms with E-state index in [1.165, 1.54) is 4.41 Å². The fourth-order valence-corrected chi connectivity index (χ4v) is 6.15. The highest BCUT2D eigenvalue weighted by atomic mass is 32.2. The van der Waals surface area contributed by atoms with Crippen LogP contribution >= 0.6 is 0 Å². The van der Waals surface area contributed by atoms with Crippen molar-refractivity contribution in [2.24, 2.45) is 5.10 Å². The van der Waals surface area contributed by atoms with Gasteiger partial charge in [0.2, 0.25) is 10.0 Å². The van der Waals surface area contributed by atoms with E-state index in [2.05, 4.69) is 9.82 Å². The minimum absolute atomic E-state index is 0.0224. The SMILES string of the molecule is CCS(=O)(=O)Nc1ccc(C2=NN(S(=O)(=O)c3ccccc3C)[C@@H](c3ccc(C)cc3)C2)cc1. The van der Waals surface area contributed by atoms with Crippen molar-refractivity contribution >= 4 is 31.4 Å². The number of sulfonamides is 2. The number of benzene rings is 3. The van der Waals surface area contributed by atoms with Crippen LogP contribution in [0.4, 0.5) is 5.69 Å². The summed E-state index contributed by atoms with van der Waals surface area (Å²) in [6, 6.07) is 21.0. The smallest absolute Gasteiger partial charge is 0.279 e. The zero-order valence-electron chi connectivity index (χ0n) is 19.3. The average Bonchev–Trinajstić information content (AvgIpc) is 3.26. The Hall–Kier alpha value is -3.17. The molecular weight excluding hydrogens is 470 g/mol. The topological polar surface area (TPSA) is 95.9 Å². The van der Waals surface area contributed by atoms with Crippen LogP contribution in [-0.2, 0) is 20.0 Å². The highest BCUT2D eigenvalue weighted by molar-refractivity contribution is 7.92. The molecule has 4 rings (SSSR count). The maximum Gasteiger partial charge on any atom is 0.279 e. The van der Waals surface area contributed by atoms with Crippen LogP contribution in [0.3, 0.4) is 0 Å². The summed E-state index contributed by atoms with van der Waals surface area (Å²) in [5, 5.41) is 4.57. The van der Waals surface area contributed by atoms with Gasteiger partial charge in [-0.25, -0.2) is 8.42 Å². The third-order valence-electron chi connectivity index (χ3n) is 5.82. The van der Waals surface area contributed by atoms with E-state index in [1.54, 1.807) is 62.4 Å². The summed E-state index contributed by atoms with van der Waals surface area (Å²) in [6.45, 7) is 5.32. The van der Waals surface area contributed by atoms with Crippen molar-refractivity contribution in [3.63, 3.8) is 0 Å². The minimum atomic E-state index is -3.90. The summed E-state index contributed by atoms with van der Waals surface area (Å²) >= 11 is 0. The van der Waals surface area contributed by atoms with E-state index in [0.29, 0.717) is 23.4 Å². The number of nitrogens with zero attached hydrogens (tertiary/aromatic N) is 2. The number of aryl methyl sites for hydroxylation is 2. The molecule has 0 aromatic heterocycles. The highest BCUT2D eigenvalue weighted by Crippen LogP contribution is 2.38. The van der Waals surface area contributed by atoms with Gasteiger partial charge in [-0.15, -0.1) is 0 Å². The molecule has 0 bridgehead atoms. The Morgan fingerprint density at radius 1 is 0.912 bits per heavy atom. The first-order chi connectivity index (χ1) is 16.1. The van der Waals surface area contributed by atoms with Gasteiger partial charge >= 0.3 is 0 Å². The molecule has 34 heavy (non-hydrogen) atoms. The zero-order chi connectivity index (χ0) is 24.5. The van der Waals surface area contributed by atoms with Crippen LogP contribution < -0.4 is 4.72 Å². The molecule has 0 unspecified atom stereocenters. The van der Waals surface area contributed by atoms with Crippen LogP contribution in [0.25, 0.3) is 0 Å². The van der Waals surface area contributed by atoms with E-state index in [-0.39, 0.29) is 10.6 Å². The Morgan fingerprint density at radius 2 is 1.56 bits per heavy atom. The van der Waals surface area contributed by atoms with Gasteiger partial charge in [0.1, 0.15) is 0 Å². The van der Waals surface area contributed by atoms with Crippen molar-refractivity contribution in [2.45, 2.75) is 38.1 Å². The van der Waals surface area contributed by atoms with Crippen LogP contribution in [0.1, 0.15) is 41.6 Å². The third kappa shape index (κ3) is 4.85. The van der Waals surface area contributed by atoms with Gasteiger partial charge in [-0.1, -0.05) is 60.2 Å². The molecule has 0 spiro atoms. The Balaban J connectivity index is 1.73. The van der Waals surface area contributed by atoms with Crippen molar-refractivity contribution in [2.75, 3.05) is 10.5 Å². The van der Waals surface area contributed by atoms with E-state index in [9.17, 15) is 16.8 Å². The molecule has 0 saturated carbocycles. The van der Waals surface area contributed by atoms with Crippen LogP contribution in [0.2, 0.25) is 0 Å². The fourth-order valence-electron chi connectivity index (χ4n) is 3.85. The second-order valence-corrected chi connectivity index (χ2v) is 12.1. The molecule has 3 aromatic rings. The Labute approximate surface area is 201 Å². The maximum absolute atomic E-state index is 13.7. The molecule has 0 amide bonds. The van der Waals surface area contributed by atoms with Crippen molar-refractivity contribution in [3.8, 4) is 0 Å². The molecule has 1 aliphatic rings. The first-order valence-corrected chi connectivity index (χ1v) is 14.0. The third-order valence-corrected chi connectivity index (χ3v) is 8.97. The van der Waals surface area contributed by atoms with Crippen LogP contribution in [0, 0.1) is 13.8 Å². The lowest BCUT2D eigenvalue weighted by atomic mass is 9.98. The van der Waals surface area contributed by atoms with E-state index in [1.807, 2.05) is 31.2 Å². The van der Waals surface area contributed by atoms with Crippen LogP contribution in [0.15, 0.2) is 82.8 Å². The second kappa shape index (κ2) is 9.23. The summed E-state index contributed by atoms with van der Waals surface area (Å²) in [4.78, 5) is 0.224. The van der Waals surface area contributed by atoms with E-state index < -0.39 is 26.1 Å². The summed E-state index contributed by atoms with van der Waals surface area (Å²) in [5.74, 6) is -0.0224. The normalized spacial score (nSPS) is 16.4. The summed E-state index contributed by atoms with van der Waals surface area (Å²) < 4.78 is 54.7. The van der Waals surface area contributed by atoms with E-state index in [4.69, 9.17) is 0 Å². The molecule has 3 aromatic carbocycles. The predicted molar refractivity (Wildman–Crippen MR) is 135 cm³/mol. The number of hydrazone groups is 1. The molecule has 9 heteroatoms. The molecular formula is C25H27N3O4S2. The van der Waals surface area contributed by atoms with E-state index >= 15 is 0 Å². The molecule has 7 nitrogen and oxygen atoms in total.